The molecule has 10 heteroatoms. The first-order valence-corrected chi connectivity index (χ1v) is 11.5. The lowest BCUT2D eigenvalue weighted by atomic mass is 9.97. The number of imidazole rings is 1. The van der Waals surface area contributed by atoms with E-state index in [0.29, 0.717) is 43.1 Å². The Labute approximate surface area is 192 Å². The Bertz CT molecular complexity index is 1160. The van der Waals surface area contributed by atoms with Gasteiger partial charge in [-0.25, -0.2) is 4.98 Å². The summed E-state index contributed by atoms with van der Waals surface area (Å²) in [5, 5.41) is 9.58. The first-order chi connectivity index (χ1) is 15.7. The molecule has 0 atom stereocenters. The lowest BCUT2D eigenvalue weighted by Gasteiger charge is -2.30. The Kier molecular flexibility index (Phi) is 6.64. The fraction of sp³-hybridized carbons (Fsp3) is 0.348. The largest absolute Gasteiger partial charge is 0.481 e. The Morgan fingerprint density at radius 1 is 1.09 bits per heavy atom. The van der Waals surface area contributed by atoms with E-state index in [-0.39, 0.29) is 17.2 Å². The summed E-state index contributed by atoms with van der Waals surface area (Å²) in [7, 11) is 0. The number of carboxylic acids is 1. The van der Waals surface area contributed by atoms with E-state index in [2.05, 4.69) is 4.98 Å². The van der Waals surface area contributed by atoms with E-state index in [1.165, 1.54) is 17.8 Å². The van der Waals surface area contributed by atoms with Gasteiger partial charge in [-0.15, -0.1) is 0 Å². The fourth-order valence-corrected chi connectivity index (χ4v) is 4.82. The van der Waals surface area contributed by atoms with Crippen molar-refractivity contribution in [2.24, 2.45) is 5.92 Å². The Morgan fingerprint density at radius 3 is 2.42 bits per heavy atom. The third kappa shape index (κ3) is 5.32. The number of rotatable bonds is 6. The number of aromatic nitrogens is 2. The molecule has 1 N–H and O–H groups in total. The normalized spacial score (nSPS) is 15.2. The summed E-state index contributed by atoms with van der Waals surface area (Å²) >= 11 is 1.18. The number of carbonyl (C=O) groups is 2. The van der Waals surface area contributed by atoms with Gasteiger partial charge in [-0.2, -0.15) is 13.2 Å². The minimum atomic E-state index is -4.47. The molecular formula is C23H22F3N3O3S. The molecule has 1 aliphatic heterocycles. The number of halogens is 3. The molecule has 0 bridgehead atoms. The number of likely N-dealkylation sites (tertiary alicyclic amines) is 1. The third-order valence-electron chi connectivity index (χ3n) is 5.75. The number of fused-ring (bicyclic) bond motifs is 1. The molecule has 3 aromatic rings. The molecule has 1 amide bonds. The number of alkyl halides is 3. The molecule has 0 aliphatic carbocycles. The Hall–Kier alpha value is -3.01. The van der Waals surface area contributed by atoms with Gasteiger partial charge in [0.25, 0.3) is 0 Å². The maximum atomic E-state index is 13.2. The van der Waals surface area contributed by atoms with E-state index >= 15 is 0 Å². The second-order valence-corrected chi connectivity index (χ2v) is 8.89. The number of amides is 1. The van der Waals surface area contributed by atoms with Gasteiger partial charge in [0, 0.05) is 13.1 Å². The predicted octanol–water partition coefficient (Wildman–Crippen LogP) is 4.52. The number of carboxylic acid groups (broad SMARTS) is 1. The quantitative estimate of drug-likeness (QED) is 0.529. The summed E-state index contributed by atoms with van der Waals surface area (Å²) in [6.45, 7) is 1.17. The van der Waals surface area contributed by atoms with Crippen molar-refractivity contribution in [1.82, 2.24) is 14.5 Å². The van der Waals surface area contributed by atoms with Crippen LogP contribution >= 0.6 is 11.8 Å². The average Bonchev–Trinajstić information content (AvgIpc) is 3.14. The number of thioether (sulfide) groups is 1. The number of nitrogens with zero attached hydrogens (tertiary/aromatic N) is 3. The van der Waals surface area contributed by atoms with Gasteiger partial charge in [0.1, 0.15) is 0 Å². The molecule has 1 aliphatic rings. The molecule has 0 saturated carbocycles. The highest BCUT2D eigenvalue weighted by Crippen LogP contribution is 2.33. The molecule has 0 radical (unpaired) electrons. The van der Waals surface area contributed by atoms with Crippen LogP contribution in [0, 0.1) is 5.92 Å². The first-order valence-electron chi connectivity index (χ1n) is 10.5. The highest BCUT2D eigenvalue weighted by Gasteiger charge is 2.31. The van der Waals surface area contributed by atoms with E-state index in [1.807, 2.05) is 34.9 Å². The van der Waals surface area contributed by atoms with Crippen LogP contribution < -0.4 is 0 Å². The molecule has 4 rings (SSSR count). The summed E-state index contributed by atoms with van der Waals surface area (Å²) in [6, 6.07) is 13.0. The van der Waals surface area contributed by atoms with E-state index in [4.69, 9.17) is 5.11 Å². The molecule has 0 spiro atoms. The molecule has 33 heavy (non-hydrogen) atoms. The average molecular weight is 478 g/mol. The van der Waals surface area contributed by atoms with Crippen LogP contribution in [0.4, 0.5) is 13.2 Å². The maximum Gasteiger partial charge on any atom is 0.416 e. The van der Waals surface area contributed by atoms with Crippen molar-refractivity contribution in [1.29, 1.82) is 0 Å². The molecule has 0 unspecified atom stereocenters. The van der Waals surface area contributed by atoms with Gasteiger partial charge < -0.3 is 14.6 Å². The van der Waals surface area contributed by atoms with Crippen molar-refractivity contribution < 1.29 is 27.9 Å². The summed E-state index contributed by atoms with van der Waals surface area (Å²) in [4.78, 5) is 29.9. The minimum absolute atomic E-state index is 0.0714. The van der Waals surface area contributed by atoms with Crippen molar-refractivity contribution in [3.63, 3.8) is 0 Å². The van der Waals surface area contributed by atoms with E-state index in [9.17, 15) is 22.8 Å². The van der Waals surface area contributed by atoms with Gasteiger partial charge >= 0.3 is 12.1 Å². The van der Waals surface area contributed by atoms with Gasteiger partial charge in [-0.1, -0.05) is 42.1 Å². The molecule has 1 fully saturated rings. The van der Waals surface area contributed by atoms with E-state index in [0.717, 1.165) is 17.7 Å². The predicted molar refractivity (Wildman–Crippen MR) is 118 cm³/mol. The van der Waals surface area contributed by atoms with Crippen LogP contribution in [0.1, 0.15) is 24.0 Å². The van der Waals surface area contributed by atoms with Crippen LogP contribution in [0.25, 0.3) is 11.0 Å². The molecule has 1 saturated heterocycles. The number of hydrogen-bond donors (Lipinski definition) is 1. The third-order valence-corrected chi connectivity index (χ3v) is 6.71. The maximum absolute atomic E-state index is 13.2. The van der Waals surface area contributed by atoms with Crippen molar-refractivity contribution in [3.8, 4) is 0 Å². The van der Waals surface area contributed by atoms with Gasteiger partial charge in [0.2, 0.25) is 5.91 Å². The standard InChI is InChI=1S/C23H22F3N3O3S/c24-23(25,26)17-6-7-19-18(12-17)27-22(29(19)13-15-4-2-1-3-5-15)33-14-20(30)28-10-8-16(9-11-28)21(31)32/h1-7,12,16H,8-11,13-14H2,(H,31,32). The zero-order chi connectivity index (χ0) is 23.6. The van der Waals surface area contributed by atoms with Gasteiger partial charge in [0.15, 0.2) is 5.16 Å². The van der Waals surface area contributed by atoms with Crippen LogP contribution in [-0.4, -0.2) is 50.3 Å². The fourth-order valence-electron chi connectivity index (χ4n) is 3.91. The molecular weight excluding hydrogens is 455 g/mol. The smallest absolute Gasteiger partial charge is 0.416 e. The highest BCUT2D eigenvalue weighted by molar-refractivity contribution is 7.99. The zero-order valence-electron chi connectivity index (χ0n) is 17.6. The number of piperidine rings is 1. The minimum Gasteiger partial charge on any atom is -0.481 e. The number of aliphatic carboxylic acids is 1. The lowest BCUT2D eigenvalue weighted by molar-refractivity contribution is -0.145. The number of benzene rings is 2. The Balaban J connectivity index is 1.55. The molecule has 174 valence electrons. The van der Waals surface area contributed by atoms with Crippen LogP contribution in [0.15, 0.2) is 53.7 Å². The van der Waals surface area contributed by atoms with Crippen LogP contribution in [0.2, 0.25) is 0 Å². The SMILES string of the molecule is O=C(O)C1CCN(C(=O)CSc2nc3cc(C(F)(F)F)ccc3n2Cc2ccccc2)CC1. The monoisotopic (exact) mass is 477 g/mol. The number of hydrogen-bond acceptors (Lipinski definition) is 4. The van der Waals surface area contributed by atoms with E-state index < -0.39 is 23.6 Å². The lowest BCUT2D eigenvalue weighted by Crippen LogP contribution is -2.41. The molecule has 6 nitrogen and oxygen atoms in total. The van der Waals surface area contributed by atoms with E-state index in [1.54, 1.807) is 4.90 Å². The second-order valence-electron chi connectivity index (χ2n) is 7.95. The molecule has 1 aromatic heterocycles. The van der Waals surface area contributed by atoms with Crippen LogP contribution in [-0.2, 0) is 22.3 Å². The van der Waals surface area contributed by atoms with Gasteiger partial charge in [0.05, 0.1) is 34.8 Å². The van der Waals surface area contributed by atoms with Gasteiger partial charge in [-0.05, 0) is 36.6 Å². The van der Waals surface area contributed by atoms with Crippen molar-refractivity contribution in [3.05, 3.63) is 59.7 Å². The van der Waals surface area contributed by atoms with Crippen molar-refractivity contribution in [2.45, 2.75) is 30.7 Å². The van der Waals surface area contributed by atoms with Crippen LogP contribution in [0.5, 0.6) is 0 Å². The van der Waals surface area contributed by atoms with Crippen LogP contribution in [0.3, 0.4) is 0 Å². The van der Waals surface area contributed by atoms with Crippen molar-refractivity contribution >= 4 is 34.7 Å². The summed E-state index contributed by atoms with van der Waals surface area (Å²) in [5.74, 6) is -1.34. The Morgan fingerprint density at radius 2 is 1.79 bits per heavy atom. The topological polar surface area (TPSA) is 75.4 Å². The zero-order valence-corrected chi connectivity index (χ0v) is 18.4. The van der Waals surface area contributed by atoms with Crippen molar-refractivity contribution in [2.75, 3.05) is 18.8 Å². The second kappa shape index (κ2) is 9.46. The number of carbonyl (C=O) groups excluding carboxylic acids is 1. The molecule has 2 heterocycles. The highest BCUT2D eigenvalue weighted by atomic mass is 32.2. The summed E-state index contributed by atoms with van der Waals surface area (Å²) < 4.78 is 41.4. The summed E-state index contributed by atoms with van der Waals surface area (Å²) in [5.41, 5.74) is 0.968. The molecule has 2 aromatic carbocycles. The van der Waals surface area contributed by atoms with Gasteiger partial charge in [-0.3, -0.25) is 9.59 Å². The summed E-state index contributed by atoms with van der Waals surface area (Å²) in [6.07, 6.45) is -3.64. The first kappa shape index (κ1) is 23.2.